The minimum absolute atomic E-state index is 0.103. The number of hydrogen-bond acceptors (Lipinski definition) is 5. The minimum Gasteiger partial charge on any atom is -0.497 e. The van der Waals surface area contributed by atoms with Gasteiger partial charge < -0.3 is 10.1 Å². The third-order valence-corrected chi connectivity index (χ3v) is 6.75. The van der Waals surface area contributed by atoms with Crippen LogP contribution in [0.4, 0.5) is 11.4 Å². The quantitative estimate of drug-likeness (QED) is 0.468. The van der Waals surface area contributed by atoms with Crippen LogP contribution in [0.2, 0.25) is 5.02 Å². The molecule has 3 aromatic rings. The molecule has 174 valence electrons. The van der Waals surface area contributed by atoms with Crippen LogP contribution in [0.25, 0.3) is 0 Å². The zero-order valence-corrected chi connectivity index (χ0v) is 20.2. The zero-order chi connectivity index (χ0) is 23.9. The van der Waals surface area contributed by atoms with Crippen LogP contribution in [0.5, 0.6) is 5.75 Å². The van der Waals surface area contributed by atoms with Gasteiger partial charge in [-0.2, -0.15) is 0 Å². The molecule has 1 atom stereocenters. The van der Waals surface area contributed by atoms with Gasteiger partial charge in [0.25, 0.3) is 0 Å². The van der Waals surface area contributed by atoms with E-state index >= 15 is 0 Å². The van der Waals surface area contributed by atoms with Crippen molar-refractivity contribution < 1.29 is 14.3 Å². The summed E-state index contributed by atoms with van der Waals surface area (Å²) in [5, 5.41) is 3.49. The third-order valence-electron chi connectivity index (χ3n) is 5.31. The maximum Gasteiger partial charge on any atom is 0.238 e. The summed E-state index contributed by atoms with van der Waals surface area (Å²) < 4.78 is 5.22. The lowest BCUT2D eigenvalue weighted by Crippen LogP contribution is -2.46. The Balaban J connectivity index is 1.55. The molecule has 34 heavy (non-hydrogen) atoms. The lowest BCUT2D eigenvalue weighted by Gasteiger charge is -2.32. The van der Waals surface area contributed by atoms with E-state index in [0.29, 0.717) is 34.5 Å². The molecule has 0 radical (unpaired) electrons. The fourth-order valence-electron chi connectivity index (χ4n) is 3.46. The summed E-state index contributed by atoms with van der Waals surface area (Å²) in [6, 6.07) is 24.0. The maximum atomic E-state index is 13.1. The second-order valence-electron chi connectivity index (χ2n) is 7.68. The van der Waals surface area contributed by atoms with Crippen molar-refractivity contribution in [3.63, 3.8) is 0 Å². The molecular formula is C26H24ClN3O3S. The van der Waals surface area contributed by atoms with Gasteiger partial charge in [-0.15, -0.1) is 0 Å². The lowest BCUT2D eigenvalue weighted by atomic mass is 10.1. The van der Waals surface area contributed by atoms with Gasteiger partial charge in [0, 0.05) is 23.7 Å². The molecule has 1 fully saturated rings. The van der Waals surface area contributed by atoms with E-state index in [1.807, 2.05) is 78.9 Å². The zero-order valence-electron chi connectivity index (χ0n) is 18.6. The van der Waals surface area contributed by atoms with Gasteiger partial charge in [-0.05, 0) is 60.5 Å². The smallest absolute Gasteiger partial charge is 0.238 e. The molecular weight excluding hydrogens is 470 g/mol. The number of aliphatic imine (C=N–C) groups is 1. The van der Waals surface area contributed by atoms with E-state index in [2.05, 4.69) is 5.32 Å². The summed E-state index contributed by atoms with van der Waals surface area (Å²) in [7, 11) is 1.60. The maximum absolute atomic E-state index is 13.1. The van der Waals surface area contributed by atoms with Crippen LogP contribution >= 0.6 is 23.4 Å². The number of ether oxygens (including phenoxy) is 1. The van der Waals surface area contributed by atoms with Gasteiger partial charge in [0.2, 0.25) is 11.8 Å². The van der Waals surface area contributed by atoms with Crippen LogP contribution in [0.3, 0.4) is 0 Å². The highest BCUT2D eigenvalue weighted by atomic mass is 35.5. The molecule has 8 heteroatoms. The number of nitrogens with one attached hydrogen (secondary N) is 1. The topological polar surface area (TPSA) is 71.0 Å². The van der Waals surface area contributed by atoms with Crippen LogP contribution in [0.1, 0.15) is 12.0 Å². The Labute approximate surface area is 208 Å². The Kier molecular flexibility index (Phi) is 7.87. The first-order chi connectivity index (χ1) is 16.5. The molecule has 1 aliphatic rings. The van der Waals surface area contributed by atoms with E-state index in [-0.39, 0.29) is 18.2 Å². The average Bonchev–Trinajstić information content (AvgIpc) is 2.85. The number of halogens is 1. The number of amides is 2. The highest BCUT2D eigenvalue weighted by molar-refractivity contribution is 8.15. The number of para-hydroxylation sites is 1. The molecule has 6 nitrogen and oxygen atoms in total. The van der Waals surface area contributed by atoms with E-state index < -0.39 is 5.25 Å². The number of methoxy groups -OCH3 is 1. The molecule has 1 N–H and O–H groups in total. The number of thioether (sulfide) groups is 1. The van der Waals surface area contributed by atoms with Gasteiger partial charge in [-0.25, -0.2) is 4.99 Å². The number of carbonyl (C=O) groups is 2. The predicted molar refractivity (Wildman–Crippen MR) is 138 cm³/mol. The monoisotopic (exact) mass is 493 g/mol. The normalized spacial score (nSPS) is 17.0. The molecule has 4 rings (SSSR count). The predicted octanol–water partition coefficient (Wildman–Crippen LogP) is 5.55. The Bertz CT molecular complexity index is 1170. The molecule has 1 aliphatic heterocycles. The lowest BCUT2D eigenvalue weighted by molar-refractivity contribution is -0.129. The molecule has 1 saturated heterocycles. The van der Waals surface area contributed by atoms with Gasteiger partial charge in [0.05, 0.1) is 12.8 Å². The summed E-state index contributed by atoms with van der Waals surface area (Å²) in [5.74, 6) is 0.369. The number of anilines is 1. The molecule has 1 unspecified atom stereocenters. The summed E-state index contributed by atoms with van der Waals surface area (Å²) in [5.41, 5.74) is 2.44. The number of benzene rings is 3. The first-order valence-electron chi connectivity index (χ1n) is 10.8. The van der Waals surface area contributed by atoms with Crippen LogP contribution in [-0.4, -0.2) is 40.8 Å². The van der Waals surface area contributed by atoms with Crippen LogP contribution in [-0.2, 0) is 16.0 Å². The second-order valence-corrected chi connectivity index (χ2v) is 9.29. The van der Waals surface area contributed by atoms with Crippen LogP contribution < -0.4 is 10.1 Å². The summed E-state index contributed by atoms with van der Waals surface area (Å²) >= 11 is 7.29. The SMILES string of the molecule is COc1ccc(N=C2SC(C(=O)Nc3ccccc3)CC(=O)N2CCc2ccc(Cl)cc2)cc1. The number of hydrogen-bond donors (Lipinski definition) is 1. The van der Waals surface area contributed by atoms with Crippen molar-refractivity contribution in [1.29, 1.82) is 0 Å². The van der Waals surface area contributed by atoms with E-state index in [4.69, 9.17) is 21.3 Å². The molecule has 0 aliphatic carbocycles. The van der Waals surface area contributed by atoms with Crippen molar-refractivity contribution in [2.45, 2.75) is 18.1 Å². The van der Waals surface area contributed by atoms with E-state index in [9.17, 15) is 9.59 Å². The Morgan fingerprint density at radius 1 is 1.09 bits per heavy atom. The first-order valence-corrected chi connectivity index (χ1v) is 12.1. The Morgan fingerprint density at radius 2 is 1.79 bits per heavy atom. The van der Waals surface area contributed by atoms with E-state index in [0.717, 1.165) is 11.3 Å². The van der Waals surface area contributed by atoms with Gasteiger partial charge in [0.15, 0.2) is 5.17 Å². The molecule has 0 spiro atoms. The highest BCUT2D eigenvalue weighted by Crippen LogP contribution is 2.30. The molecule has 2 amide bonds. The van der Waals surface area contributed by atoms with Gasteiger partial charge in [0.1, 0.15) is 11.0 Å². The Morgan fingerprint density at radius 3 is 2.47 bits per heavy atom. The number of carbonyl (C=O) groups excluding carboxylic acids is 2. The Hall–Kier alpha value is -3.29. The van der Waals surface area contributed by atoms with E-state index in [1.165, 1.54) is 11.8 Å². The number of nitrogens with zero attached hydrogens (tertiary/aromatic N) is 2. The van der Waals surface area contributed by atoms with Crippen LogP contribution in [0, 0.1) is 0 Å². The van der Waals surface area contributed by atoms with Crippen molar-refractivity contribution in [1.82, 2.24) is 4.90 Å². The van der Waals surface area contributed by atoms with Gasteiger partial charge in [-0.1, -0.05) is 53.7 Å². The molecule has 3 aromatic carbocycles. The second kappa shape index (κ2) is 11.2. The largest absolute Gasteiger partial charge is 0.497 e. The molecule has 0 aromatic heterocycles. The average molecular weight is 494 g/mol. The summed E-state index contributed by atoms with van der Waals surface area (Å²) in [6.07, 6.45) is 0.748. The van der Waals surface area contributed by atoms with Crippen molar-refractivity contribution in [3.8, 4) is 5.75 Å². The standard InChI is InChI=1S/C26H24ClN3O3S/c1-33-22-13-11-21(12-14-22)29-26-30(16-15-18-7-9-19(27)10-8-18)24(31)17-23(34-26)25(32)28-20-5-3-2-4-6-20/h2-14,23H,15-17H2,1H3,(H,28,32). The van der Waals surface area contributed by atoms with Crippen molar-refractivity contribution in [2.24, 2.45) is 4.99 Å². The van der Waals surface area contributed by atoms with Gasteiger partial charge in [-0.3, -0.25) is 14.5 Å². The molecule has 0 bridgehead atoms. The molecule has 0 saturated carbocycles. The number of rotatable bonds is 7. The minimum atomic E-state index is -0.573. The first kappa shape index (κ1) is 23.9. The fraction of sp³-hybridized carbons (Fsp3) is 0.192. The molecule has 1 heterocycles. The highest BCUT2D eigenvalue weighted by Gasteiger charge is 2.35. The van der Waals surface area contributed by atoms with Crippen molar-refractivity contribution in [3.05, 3.63) is 89.4 Å². The number of amidine groups is 1. The summed E-state index contributed by atoms with van der Waals surface area (Å²) in [6.45, 7) is 0.454. The third kappa shape index (κ3) is 6.18. The van der Waals surface area contributed by atoms with E-state index in [1.54, 1.807) is 12.0 Å². The van der Waals surface area contributed by atoms with Gasteiger partial charge >= 0.3 is 0 Å². The fourth-order valence-corrected chi connectivity index (χ4v) is 4.72. The van der Waals surface area contributed by atoms with Crippen LogP contribution in [0.15, 0.2) is 83.9 Å². The van der Waals surface area contributed by atoms with Crippen molar-refractivity contribution in [2.75, 3.05) is 19.0 Å². The van der Waals surface area contributed by atoms with Crippen molar-refractivity contribution >= 4 is 51.7 Å². The summed E-state index contributed by atoms with van der Waals surface area (Å²) in [4.78, 5) is 32.5.